The molecule has 3 rings (SSSR count). The van der Waals surface area contributed by atoms with Gasteiger partial charge in [-0.15, -0.1) is 0 Å². The van der Waals surface area contributed by atoms with Gasteiger partial charge < -0.3 is 14.8 Å². The van der Waals surface area contributed by atoms with Crippen molar-refractivity contribution >= 4 is 21.6 Å². The number of sulfonamides is 1. The molecule has 0 radical (unpaired) electrons. The van der Waals surface area contributed by atoms with Crippen LogP contribution in [0.1, 0.15) is 10.4 Å². The first-order chi connectivity index (χ1) is 13.4. The lowest BCUT2D eigenvalue weighted by atomic mass is 10.2. The van der Waals surface area contributed by atoms with Gasteiger partial charge in [0.1, 0.15) is 5.75 Å². The van der Waals surface area contributed by atoms with Crippen molar-refractivity contribution in [2.24, 2.45) is 0 Å². The highest BCUT2D eigenvalue weighted by molar-refractivity contribution is 7.89. The number of nitrogens with one attached hydrogen (secondary N) is 1. The number of carbonyl (C=O) groups is 1. The maximum atomic E-state index is 12.7. The van der Waals surface area contributed by atoms with Crippen LogP contribution >= 0.6 is 0 Å². The van der Waals surface area contributed by atoms with Crippen LogP contribution in [0.4, 0.5) is 14.5 Å². The van der Waals surface area contributed by atoms with Crippen LogP contribution in [0.2, 0.25) is 0 Å². The summed E-state index contributed by atoms with van der Waals surface area (Å²) in [4.78, 5) is 12.5. The van der Waals surface area contributed by atoms with Crippen LogP contribution in [-0.2, 0) is 14.8 Å². The fourth-order valence-electron chi connectivity index (χ4n) is 2.72. The molecule has 0 aromatic heterocycles. The zero-order chi connectivity index (χ0) is 20.1. The van der Waals surface area contributed by atoms with Gasteiger partial charge in [0.05, 0.1) is 23.7 Å². The summed E-state index contributed by atoms with van der Waals surface area (Å²) in [6.45, 7) is -1.95. The summed E-state index contributed by atoms with van der Waals surface area (Å²) in [6.07, 6.45) is 0. The van der Waals surface area contributed by atoms with E-state index in [4.69, 9.17) is 4.74 Å². The lowest BCUT2D eigenvalue weighted by Crippen LogP contribution is -2.40. The number of hydrogen-bond donors (Lipinski definition) is 1. The molecule has 1 aliphatic heterocycles. The smallest absolute Gasteiger partial charge is 0.387 e. The highest BCUT2D eigenvalue weighted by atomic mass is 32.2. The molecule has 0 unspecified atom stereocenters. The van der Waals surface area contributed by atoms with E-state index in [1.165, 1.54) is 52.8 Å². The highest BCUT2D eigenvalue weighted by Crippen LogP contribution is 2.24. The number of carbonyl (C=O) groups excluding carboxylic acids is 1. The first-order valence-electron chi connectivity index (χ1n) is 8.41. The van der Waals surface area contributed by atoms with Gasteiger partial charge >= 0.3 is 6.61 Å². The predicted molar refractivity (Wildman–Crippen MR) is 97.0 cm³/mol. The molecule has 1 saturated heterocycles. The monoisotopic (exact) mass is 412 g/mol. The highest BCUT2D eigenvalue weighted by Gasteiger charge is 2.26. The summed E-state index contributed by atoms with van der Waals surface area (Å²) in [5.41, 5.74) is 0.121. The quantitative estimate of drug-likeness (QED) is 0.788. The second-order valence-electron chi connectivity index (χ2n) is 5.87. The molecule has 150 valence electrons. The number of rotatable bonds is 6. The van der Waals surface area contributed by atoms with E-state index in [1.807, 2.05) is 0 Å². The summed E-state index contributed by atoms with van der Waals surface area (Å²) in [7, 11) is -3.73. The SMILES string of the molecule is O=C(Nc1cccc(S(=O)(=O)N2CCOCC2)c1)c1ccccc1OC(F)F. The molecule has 28 heavy (non-hydrogen) atoms. The Labute approximate surface area is 160 Å². The third-order valence-corrected chi connectivity index (χ3v) is 5.94. The third-order valence-electron chi connectivity index (χ3n) is 4.05. The second-order valence-corrected chi connectivity index (χ2v) is 7.81. The molecule has 1 amide bonds. The average molecular weight is 412 g/mol. The number of para-hydroxylation sites is 1. The van der Waals surface area contributed by atoms with Crippen molar-refractivity contribution in [3.8, 4) is 5.75 Å². The number of hydrogen-bond acceptors (Lipinski definition) is 5. The Balaban J connectivity index is 1.81. The lowest BCUT2D eigenvalue weighted by molar-refractivity contribution is -0.0501. The van der Waals surface area contributed by atoms with Crippen LogP contribution in [0.15, 0.2) is 53.4 Å². The van der Waals surface area contributed by atoms with Crippen molar-refractivity contribution in [2.45, 2.75) is 11.5 Å². The molecule has 2 aromatic carbocycles. The van der Waals surface area contributed by atoms with Gasteiger partial charge in [0, 0.05) is 18.8 Å². The summed E-state index contributed by atoms with van der Waals surface area (Å²) < 4.78 is 61.3. The van der Waals surface area contributed by atoms with Gasteiger partial charge in [0.25, 0.3) is 5.91 Å². The topological polar surface area (TPSA) is 84.9 Å². The van der Waals surface area contributed by atoms with Gasteiger partial charge in [-0.05, 0) is 30.3 Å². The third kappa shape index (κ3) is 4.64. The lowest BCUT2D eigenvalue weighted by Gasteiger charge is -2.26. The van der Waals surface area contributed by atoms with E-state index in [9.17, 15) is 22.0 Å². The second kappa shape index (κ2) is 8.63. The molecule has 0 spiro atoms. The molecule has 1 heterocycles. The normalized spacial score (nSPS) is 15.4. The average Bonchev–Trinajstić information content (AvgIpc) is 2.69. The van der Waals surface area contributed by atoms with Crippen molar-refractivity contribution in [1.82, 2.24) is 4.31 Å². The Kier molecular flexibility index (Phi) is 6.22. The van der Waals surface area contributed by atoms with Crippen molar-refractivity contribution in [3.05, 3.63) is 54.1 Å². The zero-order valence-electron chi connectivity index (χ0n) is 14.7. The predicted octanol–water partition coefficient (Wildman–Crippen LogP) is 2.56. The molecule has 0 atom stereocenters. The number of alkyl halides is 2. The van der Waals surface area contributed by atoms with Crippen LogP contribution in [0, 0.1) is 0 Å². The summed E-state index contributed by atoms with van der Waals surface area (Å²) in [5.74, 6) is -0.968. The minimum Gasteiger partial charge on any atom is -0.434 e. The maximum absolute atomic E-state index is 12.7. The van der Waals surface area contributed by atoms with Crippen molar-refractivity contribution in [2.75, 3.05) is 31.6 Å². The van der Waals surface area contributed by atoms with E-state index in [1.54, 1.807) is 0 Å². The Hall–Kier alpha value is -2.56. The van der Waals surface area contributed by atoms with E-state index in [-0.39, 0.29) is 35.0 Å². The minimum atomic E-state index is -3.73. The Morgan fingerprint density at radius 2 is 1.82 bits per heavy atom. The van der Waals surface area contributed by atoms with E-state index in [2.05, 4.69) is 10.1 Å². The van der Waals surface area contributed by atoms with Crippen LogP contribution in [0.3, 0.4) is 0 Å². The minimum absolute atomic E-state index is 0.0179. The molecule has 1 aliphatic rings. The van der Waals surface area contributed by atoms with Gasteiger partial charge in [-0.3, -0.25) is 4.79 Å². The van der Waals surface area contributed by atoms with Crippen LogP contribution < -0.4 is 10.1 Å². The van der Waals surface area contributed by atoms with Gasteiger partial charge in [-0.2, -0.15) is 13.1 Å². The molecule has 10 heteroatoms. The van der Waals surface area contributed by atoms with E-state index >= 15 is 0 Å². The fraction of sp³-hybridized carbons (Fsp3) is 0.278. The summed E-state index contributed by atoms with van der Waals surface area (Å²) >= 11 is 0. The van der Waals surface area contributed by atoms with Gasteiger partial charge in [0.2, 0.25) is 10.0 Å². The number of benzene rings is 2. The molecule has 1 N–H and O–H groups in total. The molecule has 7 nitrogen and oxygen atoms in total. The number of ether oxygens (including phenoxy) is 2. The number of nitrogens with zero attached hydrogens (tertiary/aromatic N) is 1. The number of morpholine rings is 1. The first kappa shape index (κ1) is 20.2. The molecule has 2 aromatic rings. The molecule has 0 aliphatic carbocycles. The summed E-state index contributed by atoms with van der Waals surface area (Å²) in [5, 5.41) is 2.52. The van der Waals surface area contributed by atoms with Crippen LogP contribution in [0.5, 0.6) is 5.75 Å². The molecular weight excluding hydrogens is 394 g/mol. The van der Waals surface area contributed by atoms with Gasteiger partial charge in [-0.25, -0.2) is 8.42 Å². The Bertz CT molecular complexity index is 946. The van der Waals surface area contributed by atoms with E-state index in [0.717, 1.165) is 0 Å². The molecular formula is C18H18F2N2O5S. The number of halogens is 2. The van der Waals surface area contributed by atoms with Crippen LogP contribution in [-0.4, -0.2) is 51.5 Å². The van der Waals surface area contributed by atoms with Crippen LogP contribution in [0.25, 0.3) is 0 Å². The molecule has 1 fully saturated rings. The number of amides is 1. The van der Waals surface area contributed by atoms with E-state index < -0.39 is 22.5 Å². The Morgan fingerprint density at radius 3 is 2.54 bits per heavy atom. The Morgan fingerprint density at radius 1 is 1.11 bits per heavy atom. The first-order valence-corrected chi connectivity index (χ1v) is 9.85. The molecule has 0 bridgehead atoms. The van der Waals surface area contributed by atoms with E-state index in [0.29, 0.717) is 13.2 Å². The van der Waals surface area contributed by atoms with Crippen molar-refractivity contribution in [1.29, 1.82) is 0 Å². The van der Waals surface area contributed by atoms with Crippen molar-refractivity contribution in [3.63, 3.8) is 0 Å². The van der Waals surface area contributed by atoms with Gasteiger partial charge in [0.15, 0.2) is 0 Å². The maximum Gasteiger partial charge on any atom is 0.387 e. The number of anilines is 1. The van der Waals surface area contributed by atoms with Gasteiger partial charge in [-0.1, -0.05) is 18.2 Å². The summed E-state index contributed by atoms with van der Waals surface area (Å²) in [6, 6.07) is 11.3. The fourth-order valence-corrected chi connectivity index (χ4v) is 4.18. The molecule has 0 saturated carbocycles. The van der Waals surface area contributed by atoms with Crippen molar-refractivity contribution < 1.29 is 31.5 Å². The largest absolute Gasteiger partial charge is 0.434 e. The standard InChI is InChI=1S/C18H18F2N2O5S/c19-18(20)27-16-7-2-1-6-15(16)17(23)21-13-4-3-5-14(12-13)28(24,25)22-8-10-26-11-9-22/h1-7,12,18H,8-11H2,(H,21,23). The zero-order valence-corrected chi connectivity index (χ0v) is 15.5.